The van der Waals surface area contributed by atoms with Gasteiger partial charge >= 0.3 is 12.2 Å². The van der Waals surface area contributed by atoms with Crippen molar-refractivity contribution >= 4 is 45.9 Å². The average Bonchev–Trinajstić information content (AvgIpc) is 3.38. The van der Waals surface area contributed by atoms with Crippen molar-refractivity contribution in [2.45, 2.75) is 76.6 Å². The zero-order valence-corrected chi connectivity index (χ0v) is 30.7. The van der Waals surface area contributed by atoms with E-state index in [1.807, 2.05) is 61.2 Å². The van der Waals surface area contributed by atoms with E-state index in [2.05, 4.69) is 26.9 Å². The molecule has 3 aromatic carbocycles. The van der Waals surface area contributed by atoms with E-state index in [0.717, 1.165) is 59.7 Å². The summed E-state index contributed by atoms with van der Waals surface area (Å²) >= 11 is 6.25. The van der Waals surface area contributed by atoms with Crippen LogP contribution in [0.15, 0.2) is 54.6 Å². The molecule has 3 N–H and O–H groups in total. The molecule has 0 saturated carbocycles. The number of hydrogen-bond acceptors (Lipinski definition) is 5. The number of halogens is 4. The summed E-state index contributed by atoms with van der Waals surface area (Å²) in [5, 5.41) is 2.86. The minimum Gasteiger partial charge on any atom is -0.397 e. The summed E-state index contributed by atoms with van der Waals surface area (Å²) in [6.45, 7) is 5.06. The molecule has 1 fully saturated rings. The maximum Gasteiger partial charge on any atom is 0.418 e. The van der Waals surface area contributed by atoms with Crippen LogP contribution >= 0.6 is 11.6 Å². The second-order valence-corrected chi connectivity index (χ2v) is 14.6. The van der Waals surface area contributed by atoms with E-state index in [0.29, 0.717) is 50.4 Å². The minimum absolute atomic E-state index is 0.0110. The van der Waals surface area contributed by atoms with Gasteiger partial charge in [0.15, 0.2) is 0 Å². The number of nitrogen functional groups attached to an aromatic ring is 1. The zero-order chi connectivity index (χ0) is 37.2. The van der Waals surface area contributed by atoms with Gasteiger partial charge in [0.25, 0.3) is 0 Å². The van der Waals surface area contributed by atoms with E-state index in [9.17, 15) is 22.8 Å². The van der Waals surface area contributed by atoms with Gasteiger partial charge in [-0.2, -0.15) is 13.2 Å². The first kappa shape index (κ1) is 37.5. The number of imidazole rings is 1. The van der Waals surface area contributed by atoms with Gasteiger partial charge in [0.2, 0.25) is 5.91 Å². The summed E-state index contributed by atoms with van der Waals surface area (Å²) in [5.74, 6) is 0.00626. The number of hydrogen-bond donors (Lipinski definition) is 2. The van der Waals surface area contributed by atoms with E-state index < -0.39 is 23.3 Å². The molecule has 0 spiro atoms. The number of carbonyl (C=O) groups excluding carboxylic acids is 2. The Kier molecular flexibility index (Phi) is 11.4. The Morgan fingerprint density at radius 3 is 2.54 bits per heavy atom. The number of fused-ring (bicyclic) bond motifs is 2. The number of piperidine rings is 1. The molecule has 0 bridgehead atoms. The number of urea groups is 1. The highest BCUT2D eigenvalue weighted by atomic mass is 35.5. The monoisotopic (exact) mass is 737 g/mol. The predicted molar refractivity (Wildman–Crippen MR) is 200 cm³/mol. The highest BCUT2D eigenvalue weighted by molar-refractivity contribution is 6.33. The van der Waals surface area contributed by atoms with Gasteiger partial charge in [-0.25, -0.2) is 9.78 Å². The molecule has 0 aliphatic carbocycles. The summed E-state index contributed by atoms with van der Waals surface area (Å²) < 4.78 is 44.0. The number of benzene rings is 3. The smallest absolute Gasteiger partial charge is 0.397 e. The van der Waals surface area contributed by atoms with E-state index >= 15 is 0 Å². The van der Waals surface area contributed by atoms with Crippen LogP contribution in [-0.2, 0) is 36.8 Å². The third-order valence-corrected chi connectivity index (χ3v) is 10.7. The highest BCUT2D eigenvalue weighted by Crippen LogP contribution is 2.39. The minimum atomic E-state index is -4.69. The van der Waals surface area contributed by atoms with Gasteiger partial charge in [-0.1, -0.05) is 35.9 Å². The second kappa shape index (κ2) is 15.8. The summed E-state index contributed by atoms with van der Waals surface area (Å²) in [7, 11) is 4.09. The number of carbonyl (C=O) groups is 2. The van der Waals surface area contributed by atoms with Crippen LogP contribution in [0.25, 0.3) is 11.0 Å². The Morgan fingerprint density at radius 2 is 1.83 bits per heavy atom. The van der Waals surface area contributed by atoms with Crippen LogP contribution in [0.4, 0.5) is 29.3 Å². The fourth-order valence-corrected chi connectivity index (χ4v) is 7.91. The number of nitrogens with zero attached hydrogens (tertiary/aromatic N) is 5. The second-order valence-electron chi connectivity index (χ2n) is 14.2. The maximum atomic E-state index is 14.1. The summed E-state index contributed by atoms with van der Waals surface area (Å²) in [5.41, 5.74) is 9.37. The van der Waals surface area contributed by atoms with Crippen LogP contribution in [0.2, 0.25) is 5.02 Å². The van der Waals surface area contributed by atoms with E-state index in [-0.39, 0.29) is 35.8 Å². The van der Waals surface area contributed by atoms with Crippen molar-refractivity contribution in [3.63, 3.8) is 0 Å². The zero-order valence-electron chi connectivity index (χ0n) is 30.0. The molecule has 1 saturated heterocycles. The Hall–Kier alpha value is -4.29. The number of alkyl halides is 3. The fourth-order valence-electron chi connectivity index (χ4n) is 7.66. The first-order valence-electron chi connectivity index (χ1n) is 18.0. The van der Waals surface area contributed by atoms with Gasteiger partial charge in [-0.05, 0) is 113 Å². The average molecular weight is 738 g/mol. The summed E-state index contributed by atoms with van der Waals surface area (Å²) in [4.78, 5) is 38.1. The molecular formula is C39H47ClF3N7O2. The van der Waals surface area contributed by atoms with Crippen LogP contribution in [0, 0.1) is 0 Å². The largest absolute Gasteiger partial charge is 0.418 e. The van der Waals surface area contributed by atoms with Crippen LogP contribution in [0.5, 0.6) is 0 Å². The highest BCUT2D eigenvalue weighted by Gasteiger charge is 2.36. The van der Waals surface area contributed by atoms with Crippen molar-refractivity contribution in [2.24, 2.45) is 0 Å². The normalized spacial score (nSPS) is 16.3. The number of likely N-dealkylation sites (tertiary alicyclic amines) is 1. The van der Waals surface area contributed by atoms with Crippen molar-refractivity contribution in [1.82, 2.24) is 24.3 Å². The molecule has 9 nitrogen and oxygen atoms in total. The number of amides is 3. The molecule has 2 aliphatic rings. The molecule has 13 heteroatoms. The van der Waals surface area contributed by atoms with Gasteiger partial charge in [0, 0.05) is 50.2 Å². The Morgan fingerprint density at radius 1 is 1.08 bits per heavy atom. The van der Waals surface area contributed by atoms with Gasteiger partial charge in [-0.3, -0.25) is 4.79 Å². The van der Waals surface area contributed by atoms with Crippen molar-refractivity contribution in [3.05, 3.63) is 87.7 Å². The number of nitrogens with two attached hydrogens (primary N) is 1. The lowest BCUT2D eigenvalue weighted by Crippen LogP contribution is -2.50. The molecule has 278 valence electrons. The maximum absolute atomic E-state index is 14.1. The molecular weight excluding hydrogens is 691 g/mol. The Balaban J connectivity index is 1.24. The first-order chi connectivity index (χ1) is 24.8. The standard InChI is InChI=1S/C39H47ClF3N7O2/c1-4-49-34-12-11-25(8-7-16-47(2)3)23-33(34)45-37(49)28(20-26-21-30(39(41,42)43)36(44)31(40)22-26)24-35(51)48-17-14-29(15-18-48)50-19-13-27-9-5-6-10-32(27)46-38(50)52/h5-6,9-12,21-23,28-29H,4,7-8,13-20,24,44H2,1-3H3,(H,46,52). The van der Waals surface area contributed by atoms with E-state index in [4.69, 9.17) is 22.3 Å². The molecule has 6 rings (SSSR count). The number of aromatic nitrogens is 2. The van der Waals surface area contributed by atoms with E-state index in [1.165, 1.54) is 6.07 Å². The van der Waals surface area contributed by atoms with Crippen molar-refractivity contribution < 1.29 is 22.8 Å². The van der Waals surface area contributed by atoms with Crippen LogP contribution < -0.4 is 11.1 Å². The first-order valence-corrected chi connectivity index (χ1v) is 18.4. The SMILES string of the molecule is CCn1c(C(CC(=O)N2CCC(N3CCc4ccccc4NC3=O)CC2)Cc2cc(Cl)c(N)c(C(F)(F)F)c2)nc2cc(CCCN(C)C)ccc21. The number of rotatable bonds is 11. The van der Waals surface area contributed by atoms with Crippen molar-refractivity contribution in [2.75, 3.05) is 51.3 Å². The molecule has 3 amide bonds. The number of anilines is 2. The van der Waals surface area contributed by atoms with Gasteiger partial charge in [0.05, 0.1) is 27.3 Å². The number of aryl methyl sites for hydroxylation is 2. The molecule has 1 atom stereocenters. The molecule has 0 radical (unpaired) electrons. The molecule has 4 aromatic rings. The van der Waals surface area contributed by atoms with Crippen LogP contribution in [-0.4, -0.2) is 82.5 Å². The lowest BCUT2D eigenvalue weighted by molar-refractivity contribution is -0.137. The van der Waals surface area contributed by atoms with Crippen LogP contribution in [0.1, 0.15) is 66.6 Å². The van der Waals surface area contributed by atoms with Gasteiger partial charge in [0.1, 0.15) is 5.82 Å². The lowest BCUT2D eigenvalue weighted by Gasteiger charge is -2.38. The van der Waals surface area contributed by atoms with Crippen molar-refractivity contribution in [3.8, 4) is 0 Å². The summed E-state index contributed by atoms with van der Waals surface area (Å²) in [6, 6.07) is 16.4. The van der Waals surface area contributed by atoms with Gasteiger partial charge < -0.3 is 30.3 Å². The van der Waals surface area contributed by atoms with Crippen molar-refractivity contribution in [1.29, 1.82) is 0 Å². The molecule has 3 heterocycles. The third kappa shape index (κ3) is 8.33. The van der Waals surface area contributed by atoms with Gasteiger partial charge in [-0.15, -0.1) is 0 Å². The molecule has 1 aromatic heterocycles. The Labute approximate surface area is 307 Å². The summed E-state index contributed by atoms with van der Waals surface area (Å²) in [6.07, 6.45) is -0.645. The molecule has 2 aliphatic heterocycles. The topological polar surface area (TPSA) is 99.7 Å². The molecule has 52 heavy (non-hydrogen) atoms. The lowest BCUT2D eigenvalue weighted by atomic mass is 9.92. The van der Waals surface area contributed by atoms with E-state index in [1.54, 1.807) is 0 Å². The number of para-hydroxylation sites is 1. The van der Waals surface area contributed by atoms with Crippen LogP contribution in [0.3, 0.4) is 0 Å². The quantitative estimate of drug-likeness (QED) is 0.155. The Bertz CT molecular complexity index is 1920. The predicted octanol–water partition coefficient (Wildman–Crippen LogP) is 7.60. The molecule has 1 unspecified atom stereocenters. The third-order valence-electron chi connectivity index (χ3n) is 10.4. The number of nitrogens with one attached hydrogen (secondary N) is 1. The fraction of sp³-hybridized carbons (Fsp3) is 0.462.